The molecule has 2 N–H and O–H groups in total. The van der Waals surface area contributed by atoms with E-state index in [4.69, 9.17) is 4.74 Å². The molecule has 2 rings (SSSR count). The SMILES string of the molecule is CCCC(=O)c1cc(O)c2cccc(OC)c2c1O. The Morgan fingerprint density at radius 3 is 2.68 bits per heavy atom. The van der Waals surface area contributed by atoms with E-state index in [1.165, 1.54) is 13.2 Å². The molecule has 0 amide bonds. The molecule has 0 saturated heterocycles. The fraction of sp³-hybridized carbons (Fsp3) is 0.267. The summed E-state index contributed by atoms with van der Waals surface area (Å²) < 4.78 is 5.18. The lowest BCUT2D eigenvalue weighted by Crippen LogP contribution is -1.99. The highest BCUT2D eigenvalue weighted by molar-refractivity contribution is 6.08. The largest absolute Gasteiger partial charge is 0.507 e. The van der Waals surface area contributed by atoms with Crippen LogP contribution in [0.15, 0.2) is 24.3 Å². The molecular weight excluding hydrogens is 244 g/mol. The fourth-order valence-corrected chi connectivity index (χ4v) is 2.15. The molecule has 2 aromatic rings. The van der Waals surface area contributed by atoms with Crippen molar-refractivity contribution < 1.29 is 19.7 Å². The van der Waals surface area contributed by atoms with Crippen molar-refractivity contribution in [1.29, 1.82) is 0 Å². The maximum absolute atomic E-state index is 11.9. The van der Waals surface area contributed by atoms with Crippen LogP contribution < -0.4 is 4.74 Å². The van der Waals surface area contributed by atoms with Crippen LogP contribution in [0.3, 0.4) is 0 Å². The van der Waals surface area contributed by atoms with Crippen LogP contribution in [0, 0.1) is 0 Å². The Kier molecular flexibility index (Phi) is 3.60. The third kappa shape index (κ3) is 2.21. The summed E-state index contributed by atoms with van der Waals surface area (Å²) >= 11 is 0. The summed E-state index contributed by atoms with van der Waals surface area (Å²) in [6, 6.07) is 6.37. The van der Waals surface area contributed by atoms with Crippen molar-refractivity contribution in [2.24, 2.45) is 0 Å². The molecular formula is C15H16O4. The first-order valence-electron chi connectivity index (χ1n) is 6.15. The summed E-state index contributed by atoms with van der Waals surface area (Å²) in [5.41, 5.74) is 0.136. The maximum atomic E-state index is 11.9. The number of phenolic OH excluding ortho intramolecular Hbond substituents is 2. The number of carbonyl (C=O) groups is 1. The van der Waals surface area contributed by atoms with Gasteiger partial charge in [0, 0.05) is 11.8 Å². The lowest BCUT2D eigenvalue weighted by Gasteiger charge is -2.12. The van der Waals surface area contributed by atoms with Gasteiger partial charge in [-0.3, -0.25) is 4.79 Å². The molecule has 2 aromatic carbocycles. The molecule has 0 bridgehead atoms. The fourth-order valence-electron chi connectivity index (χ4n) is 2.15. The molecule has 0 heterocycles. The predicted octanol–water partition coefficient (Wildman–Crippen LogP) is 3.24. The molecule has 4 heteroatoms. The van der Waals surface area contributed by atoms with Crippen molar-refractivity contribution in [3.05, 3.63) is 29.8 Å². The van der Waals surface area contributed by atoms with Crippen molar-refractivity contribution in [2.45, 2.75) is 19.8 Å². The van der Waals surface area contributed by atoms with Crippen LogP contribution in [0.25, 0.3) is 10.8 Å². The Morgan fingerprint density at radius 1 is 1.32 bits per heavy atom. The van der Waals surface area contributed by atoms with Gasteiger partial charge in [0.15, 0.2) is 5.78 Å². The molecule has 0 unspecified atom stereocenters. The van der Waals surface area contributed by atoms with Crippen LogP contribution in [0.4, 0.5) is 0 Å². The number of fused-ring (bicyclic) bond motifs is 1. The average molecular weight is 260 g/mol. The molecule has 100 valence electrons. The molecule has 0 aliphatic carbocycles. The smallest absolute Gasteiger partial charge is 0.166 e. The second-order valence-electron chi connectivity index (χ2n) is 4.35. The molecule has 19 heavy (non-hydrogen) atoms. The summed E-state index contributed by atoms with van der Waals surface area (Å²) in [5.74, 6) is 0.0643. The monoisotopic (exact) mass is 260 g/mol. The van der Waals surface area contributed by atoms with E-state index in [2.05, 4.69) is 0 Å². The van der Waals surface area contributed by atoms with E-state index in [0.717, 1.165) is 0 Å². The predicted molar refractivity (Wildman–Crippen MR) is 73.1 cm³/mol. The standard InChI is InChI=1S/C15H16O4/c1-3-5-11(16)10-8-12(17)9-6-4-7-13(19-2)14(9)15(10)18/h4,6-8,17-18H,3,5H2,1-2H3. The summed E-state index contributed by atoms with van der Waals surface area (Å²) in [6.45, 7) is 1.89. The van der Waals surface area contributed by atoms with Crippen LogP contribution >= 0.6 is 0 Å². The average Bonchev–Trinajstić information content (AvgIpc) is 2.42. The summed E-state index contributed by atoms with van der Waals surface area (Å²) in [7, 11) is 1.48. The Morgan fingerprint density at radius 2 is 2.05 bits per heavy atom. The number of aromatic hydroxyl groups is 2. The van der Waals surface area contributed by atoms with Crippen molar-refractivity contribution in [2.75, 3.05) is 7.11 Å². The number of ether oxygens (including phenoxy) is 1. The van der Waals surface area contributed by atoms with E-state index >= 15 is 0 Å². The van der Waals surface area contributed by atoms with Crippen LogP contribution in [0.1, 0.15) is 30.1 Å². The van der Waals surface area contributed by atoms with E-state index in [-0.39, 0.29) is 22.8 Å². The van der Waals surface area contributed by atoms with Gasteiger partial charge in [-0.05, 0) is 18.6 Å². The number of methoxy groups -OCH3 is 1. The lowest BCUT2D eigenvalue weighted by atomic mass is 9.99. The molecule has 4 nitrogen and oxygen atoms in total. The van der Waals surface area contributed by atoms with E-state index in [1.54, 1.807) is 18.2 Å². The molecule has 0 radical (unpaired) electrons. The van der Waals surface area contributed by atoms with Crippen molar-refractivity contribution in [3.63, 3.8) is 0 Å². The van der Waals surface area contributed by atoms with Gasteiger partial charge in [-0.15, -0.1) is 0 Å². The third-order valence-corrected chi connectivity index (χ3v) is 3.07. The lowest BCUT2D eigenvalue weighted by molar-refractivity contribution is 0.0979. The first-order chi connectivity index (χ1) is 9.10. The highest BCUT2D eigenvalue weighted by atomic mass is 16.5. The molecule has 0 aliphatic heterocycles. The van der Waals surface area contributed by atoms with E-state index in [0.29, 0.717) is 29.4 Å². The number of carbonyl (C=O) groups excluding carboxylic acids is 1. The van der Waals surface area contributed by atoms with Gasteiger partial charge in [0.05, 0.1) is 18.1 Å². The number of Topliss-reactive ketones (excluding diaryl/α,β-unsaturated/α-hetero) is 1. The zero-order valence-corrected chi connectivity index (χ0v) is 10.9. The minimum absolute atomic E-state index is 0.0360. The molecule has 0 fully saturated rings. The zero-order chi connectivity index (χ0) is 14.0. The summed E-state index contributed by atoms with van der Waals surface area (Å²) in [6.07, 6.45) is 1.01. The maximum Gasteiger partial charge on any atom is 0.166 e. The van der Waals surface area contributed by atoms with Gasteiger partial charge in [-0.2, -0.15) is 0 Å². The topological polar surface area (TPSA) is 66.8 Å². The van der Waals surface area contributed by atoms with Gasteiger partial charge in [0.1, 0.15) is 17.2 Å². The van der Waals surface area contributed by atoms with E-state index in [9.17, 15) is 15.0 Å². The quantitative estimate of drug-likeness (QED) is 0.654. The number of hydrogen-bond acceptors (Lipinski definition) is 4. The second kappa shape index (κ2) is 5.18. The van der Waals surface area contributed by atoms with Gasteiger partial charge in [0.2, 0.25) is 0 Å². The second-order valence-corrected chi connectivity index (χ2v) is 4.35. The third-order valence-electron chi connectivity index (χ3n) is 3.07. The minimum atomic E-state index is -0.192. The van der Waals surface area contributed by atoms with E-state index < -0.39 is 0 Å². The highest BCUT2D eigenvalue weighted by Gasteiger charge is 2.18. The number of hydrogen-bond donors (Lipinski definition) is 2. The Labute approximate surface area is 111 Å². The summed E-state index contributed by atoms with van der Waals surface area (Å²) in [4.78, 5) is 11.9. The van der Waals surface area contributed by atoms with Crippen molar-refractivity contribution in [1.82, 2.24) is 0 Å². The van der Waals surface area contributed by atoms with Crippen LogP contribution in [0.2, 0.25) is 0 Å². The van der Waals surface area contributed by atoms with Crippen LogP contribution in [-0.2, 0) is 0 Å². The Balaban J connectivity index is 2.76. The van der Waals surface area contributed by atoms with Gasteiger partial charge < -0.3 is 14.9 Å². The number of ketones is 1. The van der Waals surface area contributed by atoms with Crippen molar-refractivity contribution >= 4 is 16.6 Å². The molecule has 0 spiro atoms. The van der Waals surface area contributed by atoms with Gasteiger partial charge in [0.25, 0.3) is 0 Å². The molecule has 0 atom stereocenters. The Bertz CT molecular complexity index is 632. The number of benzene rings is 2. The normalized spacial score (nSPS) is 10.6. The zero-order valence-electron chi connectivity index (χ0n) is 10.9. The van der Waals surface area contributed by atoms with Gasteiger partial charge in [-0.25, -0.2) is 0 Å². The first kappa shape index (κ1) is 13.2. The minimum Gasteiger partial charge on any atom is -0.507 e. The molecule has 0 aromatic heterocycles. The summed E-state index contributed by atoms with van der Waals surface area (Å²) in [5, 5.41) is 21.1. The van der Waals surface area contributed by atoms with Gasteiger partial charge >= 0.3 is 0 Å². The van der Waals surface area contributed by atoms with Crippen LogP contribution in [-0.4, -0.2) is 23.1 Å². The van der Waals surface area contributed by atoms with Gasteiger partial charge in [-0.1, -0.05) is 19.1 Å². The molecule has 0 saturated carbocycles. The Hall–Kier alpha value is -2.23. The number of phenols is 2. The number of rotatable bonds is 4. The van der Waals surface area contributed by atoms with Crippen molar-refractivity contribution in [3.8, 4) is 17.2 Å². The highest BCUT2D eigenvalue weighted by Crippen LogP contribution is 2.41. The van der Waals surface area contributed by atoms with E-state index in [1.807, 2.05) is 6.92 Å². The first-order valence-corrected chi connectivity index (χ1v) is 6.15. The van der Waals surface area contributed by atoms with Crippen LogP contribution in [0.5, 0.6) is 17.2 Å². The molecule has 0 aliphatic rings.